The molecular weight excluding hydrogens is 380 g/mol. The van der Waals surface area contributed by atoms with Gasteiger partial charge in [0, 0.05) is 12.7 Å². The first-order chi connectivity index (χ1) is 14.1. The maximum absolute atomic E-state index is 13.2. The van der Waals surface area contributed by atoms with Crippen molar-refractivity contribution in [3.8, 4) is 0 Å². The number of pyridine rings is 1. The number of benzene rings is 2. The zero-order valence-corrected chi connectivity index (χ0v) is 18.9. The lowest BCUT2D eigenvalue weighted by molar-refractivity contribution is 0.397. The highest BCUT2D eigenvalue weighted by molar-refractivity contribution is 7.89. The molecule has 1 heterocycles. The molecule has 0 aliphatic rings. The summed E-state index contributed by atoms with van der Waals surface area (Å²) in [6, 6.07) is 22.0. The van der Waals surface area contributed by atoms with Crippen LogP contribution < -0.4 is 0 Å². The van der Waals surface area contributed by atoms with E-state index in [-0.39, 0.29) is 6.54 Å². The highest BCUT2D eigenvalue weighted by Crippen LogP contribution is 2.21. The van der Waals surface area contributed by atoms with Gasteiger partial charge in [-0.15, -0.1) is 0 Å². The second-order valence-corrected chi connectivity index (χ2v) is 7.83. The van der Waals surface area contributed by atoms with Crippen molar-refractivity contribution in [1.29, 1.82) is 0 Å². The molecule has 0 aliphatic heterocycles. The van der Waals surface area contributed by atoms with Gasteiger partial charge < -0.3 is 0 Å². The van der Waals surface area contributed by atoms with Crippen LogP contribution in [-0.4, -0.2) is 17.7 Å². The van der Waals surface area contributed by atoms with Crippen molar-refractivity contribution in [2.75, 3.05) is 0 Å². The second-order valence-electron chi connectivity index (χ2n) is 5.89. The molecule has 0 saturated heterocycles. The van der Waals surface area contributed by atoms with Crippen LogP contribution in [0.2, 0.25) is 0 Å². The van der Waals surface area contributed by atoms with E-state index in [0.29, 0.717) is 17.1 Å². The summed E-state index contributed by atoms with van der Waals surface area (Å²) >= 11 is 0. The molecule has 0 radical (unpaired) electrons. The topological polar surface area (TPSA) is 50.3 Å². The van der Waals surface area contributed by atoms with Crippen molar-refractivity contribution in [3.05, 3.63) is 95.8 Å². The third-order valence-corrected chi connectivity index (χ3v) is 5.73. The Bertz CT molecular complexity index is 869. The van der Waals surface area contributed by atoms with Gasteiger partial charge in [0.15, 0.2) is 0 Å². The first-order valence-corrected chi connectivity index (χ1v) is 11.5. The number of hydrogen-bond acceptors (Lipinski definition) is 3. The Morgan fingerprint density at radius 1 is 0.759 bits per heavy atom. The van der Waals surface area contributed by atoms with E-state index >= 15 is 0 Å². The minimum absolute atomic E-state index is 0.228. The van der Waals surface area contributed by atoms with Crippen molar-refractivity contribution in [3.63, 3.8) is 0 Å². The van der Waals surface area contributed by atoms with Crippen molar-refractivity contribution in [1.82, 2.24) is 9.29 Å². The molecule has 0 aliphatic carbocycles. The molecular formula is C24H32N2O2S. The number of nitrogens with zero attached hydrogens (tertiary/aromatic N) is 2. The van der Waals surface area contributed by atoms with E-state index in [4.69, 9.17) is 0 Å². The third kappa shape index (κ3) is 7.44. The molecule has 0 fully saturated rings. The lowest BCUT2D eigenvalue weighted by Gasteiger charge is -2.22. The van der Waals surface area contributed by atoms with E-state index in [1.807, 2.05) is 95.3 Å². The molecule has 1 aromatic heterocycles. The van der Waals surface area contributed by atoms with E-state index in [2.05, 4.69) is 4.98 Å². The summed E-state index contributed by atoms with van der Waals surface area (Å²) < 4.78 is 27.8. The number of aromatic nitrogens is 1. The molecule has 0 spiro atoms. The van der Waals surface area contributed by atoms with Crippen molar-refractivity contribution in [2.24, 2.45) is 0 Å². The molecule has 4 nitrogen and oxygen atoms in total. The highest BCUT2D eigenvalue weighted by Gasteiger charge is 2.25. The van der Waals surface area contributed by atoms with E-state index in [1.165, 1.54) is 4.31 Å². The lowest BCUT2D eigenvalue weighted by atomic mass is 10.2. The number of aryl methyl sites for hydroxylation is 1. The first-order valence-electron chi connectivity index (χ1n) is 10.1. The molecule has 3 rings (SSSR count). The molecule has 2 aromatic carbocycles. The predicted octanol–water partition coefficient (Wildman–Crippen LogP) is 5.83. The summed E-state index contributed by atoms with van der Waals surface area (Å²) in [5.41, 5.74) is 2.68. The quantitative estimate of drug-likeness (QED) is 0.511. The van der Waals surface area contributed by atoms with Gasteiger partial charge in [-0.1, -0.05) is 81.8 Å². The van der Waals surface area contributed by atoms with E-state index < -0.39 is 10.0 Å². The minimum atomic E-state index is -3.62. The Kier molecular flexibility index (Phi) is 10.9. The molecule has 3 aromatic rings. The lowest BCUT2D eigenvalue weighted by Crippen LogP contribution is -2.30. The van der Waals surface area contributed by atoms with Gasteiger partial charge in [0.25, 0.3) is 0 Å². The van der Waals surface area contributed by atoms with Gasteiger partial charge in [-0.2, -0.15) is 4.31 Å². The molecule has 0 N–H and O–H groups in total. The summed E-state index contributed by atoms with van der Waals surface area (Å²) in [6.45, 7) is 10.5. The van der Waals surface area contributed by atoms with Gasteiger partial charge in [-0.25, -0.2) is 8.42 Å². The van der Waals surface area contributed by atoms with Crippen LogP contribution in [0.15, 0.2) is 83.9 Å². The Morgan fingerprint density at radius 3 is 1.90 bits per heavy atom. The average Bonchev–Trinajstić information content (AvgIpc) is 2.78. The van der Waals surface area contributed by atoms with Gasteiger partial charge in [0.1, 0.15) is 0 Å². The summed E-state index contributed by atoms with van der Waals surface area (Å²) in [6.07, 6.45) is 1.68. The SMILES string of the molecule is CC.CC.Cc1ccc(S(=O)(=O)N(Cc2ccccc2)Cc2ccccn2)cc1. The predicted molar refractivity (Wildman–Crippen MR) is 121 cm³/mol. The zero-order chi connectivity index (χ0) is 21.7. The Balaban J connectivity index is 0.000000989. The molecule has 156 valence electrons. The molecule has 29 heavy (non-hydrogen) atoms. The smallest absolute Gasteiger partial charge is 0.243 e. The Labute approximate surface area is 176 Å². The molecule has 0 amide bonds. The van der Waals surface area contributed by atoms with Crippen LogP contribution in [0.25, 0.3) is 0 Å². The molecule has 0 saturated carbocycles. The van der Waals surface area contributed by atoms with Gasteiger partial charge in [-0.3, -0.25) is 4.98 Å². The van der Waals surface area contributed by atoms with Crippen LogP contribution in [0.3, 0.4) is 0 Å². The number of hydrogen-bond donors (Lipinski definition) is 0. The summed E-state index contributed by atoms with van der Waals surface area (Å²) in [7, 11) is -3.62. The monoisotopic (exact) mass is 412 g/mol. The van der Waals surface area contributed by atoms with Crippen molar-refractivity contribution < 1.29 is 8.42 Å². The van der Waals surface area contributed by atoms with Crippen LogP contribution in [0.1, 0.15) is 44.5 Å². The minimum Gasteiger partial charge on any atom is -0.260 e. The summed E-state index contributed by atoms with van der Waals surface area (Å²) in [5.74, 6) is 0. The largest absolute Gasteiger partial charge is 0.260 e. The highest BCUT2D eigenvalue weighted by atomic mass is 32.2. The van der Waals surface area contributed by atoms with Crippen LogP contribution in [0, 0.1) is 6.92 Å². The fourth-order valence-electron chi connectivity index (χ4n) is 2.54. The van der Waals surface area contributed by atoms with E-state index in [1.54, 1.807) is 18.3 Å². The Morgan fingerprint density at radius 2 is 1.34 bits per heavy atom. The molecule has 0 atom stereocenters. The maximum atomic E-state index is 13.2. The summed E-state index contributed by atoms with van der Waals surface area (Å²) in [5, 5.41) is 0. The fourth-order valence-corrected chi connectivity index (χ4v) is 3.94. The maximum Gasteiger partial charge on any atom is 0.243 e. The Hall–Kier alpha value is -2.50. The average molecular weight is 413 g/mol. The molecule has 0 unspecified atom stereocenters. The summed E-state index contributed by atoms with van der Waals surface area (Å²) in [4.78, 5) is 4.57. The molecule has 5 heteroatoms. The zero-order valence-electron chi connectivity index (χ0n) is 18.0. The number of sulfonamides is 1. The first kappa shape index (κ1) is 24.5. The van der Waals surface area contributed by atoms with Gasteiger partial charge in [-0.05, 0) is 36.8 Å². The standard InChI is InChI=1S/C20H20N2O2S.2C2H6/c1-17-10-12-20(13-11-17)25(23,24)22(15-18-7-3-2-4-8-18)16-19-9-5-6-14-21-19;2*1-2/h2-14H,15-16H2,1H3;2*1-2H3. The van der Waals surface area contributed by atoms with E-state index in [9.17, 15) is 8.42 Å². The van der Waals surface area contributed by atoms with E-state index in [0.717, 1.165) is 11.1 Å². The van der Waals surface area contributed by atoms with Crippen LogP contribution in [0.4, 0.5) is 0 Å². The van der Waals surface area contributed by atoms with Gasteiger partial charge in [0.2, 0.25) is 10.0 Å². The van der Waals surface area contributed by atoms with Crippen molar-refractivity contribution in [2.45, 2.75) is 52.6 Å². The third-order valence-electron chi connectivity index (χ3n) is 3.93. The molecule has 0 bridgehead atoms. The fraction of sp³-hybridized carbons (Fsp3) is 0.292. The van der Waals surface area contributed by atoms with Gasteiger partial charge >= 0.3 is 0 Å². The van der Waals surface area contributed by atoms with Crippen LogP contribution >= 0.6 is 0 Å². The number of rotatable bonds is 6. The van der Waals surface area contributed by atoms with Crippen LogP contribution in [0.5, 0.6) is 0 Å². The van der Waals surface area contributed by atoms with Crippen LogP contribution in [-0.2, 0) is 23.1 Å². The van der Waals surface area contributed by atoms with Gasteiger partial charge in [0.05, 0.1) is 17.1 Å². The van der Waals surface area contributed by atoms with Crippen molar-refractivity contribution >= 4 is 10.0 Å². The second kappa shape index (κ2) is 12.9. The normalized spacial score (nSPS) is 10.4.